The van der Waals surface area contributed by atoms with Crippen molar-refractivity contribution in [2.24, 2.45) is 5.10 Å². The van der Waals surface area contributed by atoms with Crippen LogP contribution in [-0.4, -0.2) is 43.1 Å². The van der Waals surface area contributed by atoms with E-state index in [0.29, 0.717) is 18.8 Å². The van der Waals surface area contributed by atoms with Gasteiger partial charge in [0.2, 0.25) is 0 Å². The second-order valence-electron chi connectivity index (χ2n) is 3.95. The number of amides is 2. The number of hydrogen-bond acceptors (Lipinski definition) is 4. The molecule has 0 aromatic heterocycles. The van der Waals surface area contributed by atoms with Gasteiger partial charge in [0, 0.05) is 13.1 Å². The summed E-state index contributed by atoms with van der Waals surface area (Å²) in [4.78, 5) is 24.7. The molecule has 0 bridgehead atoms. The van der Waals surface area contributed by atoms with Crippen LogP contribution >= 0.6 is 0 Å². The maximum Gasteiger partial charge on any atom is 0.329 e. The molecule has 6 heteroatoms. The fourth-order valence-electron chi connectivity index (χ4n) is 1.59. The molecule has 108 valence electrons. The van der Waals surface area contributed by atoms with Crippen molar-refractivity contribution in [2.75, 3.05) is 20.2 Å². The lowest BCUT2D eigenvalue weighted by atomic mass is 10.2. The number of nitrogens with zero attached hydrogens (tertiary/aromatic N) is 2. The molecule has 6 nitrogen and oxygen atoms in total. The van der Waals surface area contributed by atoms with Gasteiger partial charge in [0.15, 0.2) is 0 Å². The molecule has 1 rings (SSSR count). The molecule has 0 saturated heterocycles. The Labute approximate surface area is 118 Å². The quantitative estimate of drug-likeness (QED) is 0.496. The molecule has 0 unspecified atom stereocenters. The van der Waals surface area contributed by atoms with E-state index in [4.69, 9.17) is 4.74 Å². The van der Waals surface area contributed by atoms with Crippen molar-refractivity contribution in [1.82, 2.24) is 10.3 Å². The maximum absolute atomic E-state index is 11.7. The Bertz CT molecular complexity index is 496. The topological polar surface area (TPSA) is 71.0 Å². The van der Waals surface area contributed by atoms with Crippen molar-refractivity contribution >= 4 is 18.0 Å². The third-order valence-electron chi connectivity index (χ3n) is 2.72. The smallest absolute Gasteiger partial charge is 0.329 e. The van der Waals surface area contributed by atoms with E-state index >= 15 is 0 Å². The number of methoxy groups -OCH3 is 1. The second kappa shape index (κ2) is 7.93. The van der Waals surface area contributed by atoms with Crippen LogP contribution in [-0.2, 0) is 9.59 Å². The summed E-state index contributed by atoms with van der Waals surface area (Å²) in [6, 6.07) is 7.19. The van der Waals surface area contributed by atoms with E-state index in [1.165, 1.54) is 11.1 Å². The number of carbonyl (C=O) groups is 2. The van der Waals surface area contributed by atoms with Gasteiger partial charge < -0.3 is 9.64 Å². The highest BCUT2D eigenvalue weighted by atomic mass is 16.5. The molecule has 1 aromatic rings. The lowest BCUT2D eigenvalue weighted by Gasteiger charge is -2.16. The van der Waals surface area contributed by atoms with E-state index < -0.39 is 11.8 Å². The van der Waals surface area contributed by atoms with Crippen LogP contribution in [0.2, 0.25) is 0 Å². The number of nitrogens with one attached hydrogen (secondary N) is 1. The number of rotatable bonds is 5. The lowest BCUT2D eigenvalue weighted by molar-refractivity contribution is -0.145. The molecule has 1 aromatic carbocycles. The Morgan fingerprint density at radius 3 is 2.65 bits per heavy atom. The zero-order chi connectivity index (χ0) is 15.0. The molecule has 20 heavy (non-hydrogen) atoms. The molecule has 0 saturated carbocycles. The van der Waals surface area contributed by atoms with Gasteiger partial charge >= 0.3 is 11.8 Å². The van der Waals surface area contributed by atoms with E-state index in [0.717, 1.165) is 5.56 Å². The van der Waals surface area contributed by atoms with E-state index in [1.807, 2.05) is 26.0 Å². The van der Waals surface area contributed by atoms with Gasteiger partial charge in [-0.3, -0.25) is 9.59 Å². The summed E-state index contributed by atoms with van der Waals surface area (Å²) in [6.07, 6.45) is 1.45. The standard InChI is InChI=1S/C14H19N3O3/c1-4-17(5-2)14(19)13(18)16-15-10-11-7-6-8-12(9-11)20-3/h6-10H,4-5H2,1-3H3,(H,16,18)/b15-10-. The monoisotopic (exact) mass is 277 g/mol. The normalized spacial score (nSPS) is 10.3. The van der Waals surface area contributed by atoms with Crippen LogP contribution in [0.15, 0.2) is 29.4 Å². The predicted molar refractivity (Wildman–Crippen MR) is 76.7 cm³/mol. The molecule has 0 aliphatic heterocycles. The zero-order valence-corrected chi connectivity index (χ0v) is 11.9. The van der Waals surface area contributed by atoms with Gasteiger partial charge in [-0.05, 0) is 31.5 Å². The fraction of sp³-hybridized carbons (Fsp3) is 0.357. The summed E-state index contributed by atoms with van der Waals surface area (Å²) in [5.74, 6) is -0.634. The third-order valence-corrected chi connectivity index (χ3v) is 2.72. The Kier molecular flexibility index (Phi) is 6.22. The van der Waals surface area contributed by atoms with E-state index in [-0.39, 0.29) is 0 Å². The maximum atomic E-state index is 11.7. The molecular weight excluding hydrogens is 258 g/mol. The first-order valence-corrected chi connectivity index (χ1v) is 6.38. The van der Waals surface area contributed by atoms with Crippen molar-refractivity contribution < 1.29 is 14.3 Å². The van der Waals surface area contributed by atoms with Crippen molar-refractivity contribution in [3.63, 3.8) is 0 Å². The third kappa shape index (κ3) is 4.38. The molecule has 0 aliphatic rings. The molecule has 0 spiro atoms. The number of hydrazone groups is 1. The van der Waals surface area contributed by atoms with Crippen LogP contribution < -0.4 is 10.2 Å². The van der Waals surface area contributed by atoms with Gasteiger partial charge in [-0.25, -0.2) is 5.43 Å². The SMILES string of the molecule is CCN(CC)C(=O)C(=O)N/N=C\c1cccc(OC)c1. The summed E-state index contributed by atoms with van der Waals surface area (Å²) in [5.41, 5.74) is 2.98. The number of likely N-dealkylation sites (N-methyl/N-ethyl adjacent to an activating group) is 1. The molecule has 0 aliphatic carbocycles. The molecule has 0 heterocycles. The predicted octanol–water partition coefficient (Wildman–Crippen LogP) is 1.01. The van der Waals surface area contributed by atoms with Crippen LogP contribution in [0.5, 0.6) is 5.75 Å². The average Bonchev–Trinajstić information content (AvgIpc) is 2.48. The Balaban J connectivity index is 2.59. The van der Waals surface area contributed by atoms with E-state index in [9.17, 15) is 9.59 Å². The first-order valence-electron chi connectivity index (χ1n) is 6.38. The van der Waals surface area contributed by atoms with Crippen molar-refractivity contribution in [2.45, 2.75) is 13.8 Å². The summed E-state index contributed by atoms with van der Waals surface area (Å²) in [5, 5.41) is 3.76. The van der Waals surface area contributed by atoms with Crippen molar-refractivity contribution in [3.05, 3.63) is 29.8 Å². The lowest BCUT2D eigenvalue weighted by Crippen LogP contribution is -2.41. The van der Waals surface area contributed by atoms with Crippen molar-refractivity contribution in [3.8, 4) is 5.75 Å². The summed E-state index contributed by atoms with van der Waals surface area (Å²) < 4.78 is 5.07. The molecule has 1 N–H and O–H groups in total. The average molecular weight is 277 g/mol. The molecule has 0 atom stereocenters. The zero-order valence-electron chi connectivity index (χ0n) is 11.9. The number of ether oxygens (including phenoxy) is 1. The molecule has 0 fully saturated rings. The minimum absolute atomic E-state index is 0.488. The summed E-state index contributed by atoms with van der Waals surface area (Å²) >= 11 is 0. The van der Waals surface area contributed by atoms with Crippen LogP contribution in [0.1, 0.15) is 19.4 Å². The summed E-state index contributed by atoms with van der Waals surface area (Å²) in [6.45, 7) is 4.60. The van der Waals surface area contributed by atoms with Gasteiger partial charge in [-0.1, -0.05) is 12.1 Å². The highest BCUT2D eigenvalue weighted by Crippen LogP contribution is 2.10. The highest BCUT2D eigenvalue weighted by molar-refractivity contribution is 6.34. The fourth-order valence-corrected chi connectivity index (χ4v) is 1.59. The van der Waals surface area contributed by atoms with Gasteiger partial charge in [0.1, 0.15) is 5.75 Å². The minimum atomic E-state index is -0.743. The van der Waals surface area contributed by atoms with E-state index in [1.54, 1.807) is 19.2 Å². The van der Waals surface area contributed by atoms with Gasteiger partial charge in [-0.15, -0.1) is 0 Å². The largest absolute Gasteiger partial charge is 0.497 e. The number of benzene rings is 1. The van der Waals surface area contributed by atoms with Crippen LogP contribution in [0.3, 0.4) is 0 Å². The van der Waals surface area contributed by atoms with E-state index in [2.05, 4.69) is 10.5 Å². The summed E-state index contributed by atoms with van der Waals surface area (Å²) in [7, 11) is 1.57. The van der Waals surface area contributed by atoms with Gasteiger partial charge in [-0.2, -0.15) is 5.10 Å². The Morgan fingerprint density at radius 1 is 1.35 bits per heavy atom. The minimum Gasteiger partial charge on any atom is -0.497 e. The van der Waals surface area contributed by atoms with Crippen LogP contribution in [0.25, 0.3) is 0 Å². The first kappa shape index (κ1) is 15.7. The molecular formula is C14H19N3O3. The highest BCUT2D eigenvalue weighted by Gasteiger charge is 2.18. The second-order valence-corrected chi connectivity index (χ2v) is 3.95. The van der Waals surface area contributed by atoms with Gasteiger partial charge in [0.05, 0.1) is 13.3 Å². The Morgan fingerprint density at radius 2 is 2.05 bits per heavy atom. The first-order chi connectivity index (χ1) is 9.62. The molecule has 2 amide bonds. The van der Waals surface area contributed by atoms with Crippen LogP contribution in [0, 0.1) is 0 Å². The Hall–Kier alpha value is -2.37. The molecule has 0 radical (unpaired) electrons. The van der Waals surface area contributed by atoms with Crippen molar-refractivity contribution in [1.29, 1.82) is 0 Å². The van der Waals surface area contributed by atoms with Crippen LogP contribution in [0.4, 0.5) is 0 Å². The van der Waals surface area contributed by atoms with Gasteiger partial charge in [0.25, 0.3) is 0 Å². The number of carbonyl (C=O) groups excluding carboxylic acids is 2. The number of hydrogen-bond donors (Lipinski definition) is 1.